The highest BCUT2D eigenvalue weighted by Gasteiger charge is 2.05. The van der Waals surface area contributed by atoms with E-state index in [1.54, 1.807) is 24.2 Å². The molecule has 0 spiro atoms. The average Bonchev–Trinajstić information content (AvgIpc) is 2.89. The molecule has 0 unspecified atom stereocenters. The minimum Gasteiger partial charge on any atom is -0.337 e. The lowest BCUT2D eigenvalue weighted by atomic mass is 10.2. The molecular formula is C14H12N4S. The molecule has 0 aliphatic rings. The van der Waals surface area contributed by atoms with Crippen LogP contribution in [0.25, 0.3) is 22.4 Å². The summed E-state index contributed by atoms with van der Waals surface area (Å²) in [5.74, 6) is 1.76. The summed E-state index contributed by atoms with van der Waals surface area (Å²) in [7, 11) is 0. The number of nitrogens with zero attached hydrogens (tertiary/aromatic N) is 3. The van der Waals surface area contributed by atoms with Crippen LogP contribution in [-0.2, 0) is 0 Å². The van der Waals surface area contributed by atoms with Crippen LogP contribution in [-0.4, -0.2) is 25.9 Å². The molecule has 1 N–H and O–H groups in total. The van der Waals surface area contributed by atoms with Gasteiger partial charge >= 0.3 is 0 Å². The molecule has 0 saturated heterocycles. The minimum atomic E-state index is 0.829. The maximum absolute atomic E-state index is 4.49. The van der Waals surface area contributed by atoms with E-state index in [-0.39, 0.29) is 0 Å². The summed E-state index contributed by atoms with van der Waals surface area (Å²) < 4.78 is 0. The van der Waals surface area contributed by atoms with Crippen LogP contribution in [0.1, 0.15) is 0 Å². The summed E-state index contributed by atoms with van der Waals surface area (Å²) >= 11 is 1.76. The van der Waals surface area contributed by atoms with Crippen molar-refractivity contribution in [1.29, 1.82) is 0 Å². The lowest BCUT2D eigenvalue weighted by Gasteiger charge is -2.00. The number of imidazole rings is 1. The molecule has 0 aliphatic heterocycles. The van der Waals surface area contributed by atoms with Crippen molar-refractivity contribution in [3.63, 3.8) is 0 Å². The molecule has 0 fully saturated rings. The molecular weight excluding hydrogens is 256 g/mol. The van der Waals surface area contributed by atoms with Crippen molar-refractivity contribution >= 4 is 22.8 Å². The topological polar surface area (TPSA) is 54.5 Å². The third-order valence-electron chi connectivity index (χ3n) is 2.69. The Morgan fingerprint density at radius 2 is 1.95 bits per heavy atom. The number of hydrogen-bond donors (Lipinski definition) is 1. The molecule has 0 atom stereocenters. The van der Waals surface area contributed by atoms with Crippen LogP contribution in [0.3, 0.4) is 0 Å². The molecule has 19 heavy (non-hydrogen) atoms. The van der Waals surface area contributed by atoms with Gasteiger partial charge in [-0.05, 0) is 12.1 Å². The molecule has 94 valence electrons. The molecule has 0 radical (unpaired) electrons. The second-order valence-electron chi connectivity index (χ2n) is 4.00. The van der Waals surface area contributed by atoms with Gasteiger partial charge in [-0.2, -0.15) is 10.2 Å². The number of H-pyrrole nitrogens is 1. The van der Waals surface area contributed by atoms with Gasteiger partial charge in [-0.25, -0.2) is 4.98 Å². The number of fused-ring (bicyclic) bond motifs is 1. The molecule has 0 saturated carbocycles. The van der Waals surface area contributed by atoms with E-state index in [1.807, 2.05) is 6.08 Å². The predicted octanol–water partition coefficient (Wildman–Crippen LogP) is 3.30. The normalized spacial score (nSPS) is 10.7. The first kappa shape index (κ1) is 11.9. The third kappa shape index (κ3) is 2.51. The monoisotopic (exact) mass is 268 g/mol. The number of benzene rings is 1. The summed E-state index contributed by atoms with van der Waals surface area (Å²) in [4.78, 5) is 8.96. The molecule has 0 bridgehead atoms. The van der Waals surface area contributed by atoms with Crippen molar-refractivity contribution in [2.45, 2.75) is 4.90 Å². The molecule has 2 heterocycles. The van der Waals surface area contributed by atoms with Crippen molar-refractivity contribution in [3.8, 4) is 11.4 Å². The van der Waals surface area contributed by atoms with Gasteiger partial charge in [0.1, 0.15) is 11.3 Å². The fourth-order valence-electron chi connectivity index (χ4n) is 1.78. The lowest BCUT2D eigenvalue weighted by molar-refractivity contribution is 1.05. The lowest BCUT2D eigenvalue weighted by Crippen LogP contribution is -1.80. The van der Waals surface area contributed by atoms with E-state index in [9.17, 15) is 0 Å². The van der Waals surface area contributed by atoms with Crippen LogP contribution in [0.5, 0.6) is 0 Å². The summed E-state index contributed by atoms with van der Waals surface area (Å²) in [5.41, 5.74) is 2.78. The van der Waals surface area contributed by atoms with E-state index in [0.29, 0.717) is 0 Å². The van der Waals surface area contributed by atoms with E-state index >= 15 is 0 Å². The molecule has 0 aliphatic carbocycles. The van der Waals surface area contributed by atoms with Crippen molar-refractivity contribution in [3.05, 3.63) is 49.3 Å². The maximum atomic E-state index is 4.49. The number of thioether (sulfide) groups is 1. The smallest absolute Gasteiger partial charge is 0.138 e. The molecule has 3 aromatic rings. The van der Waals surface area contributed by atoms with E-state index < -0.39 is 0 Å². The largest absolute Gasteiger partial charge is 0.337 e. The number of rotatable bonds is 4. The molecule has 1 aromatic carbocycles. The highest BCUT2D eigenvalue weighted by molar-refractivity contribution is 7.99. The maximum Gasteiger partial charge on any atom is 0.138 e. The van der Waals surface area contributed by atoms with E-state index in [1.165, 1.54) is 4.90 Å². The Kier molecular flexibility index (Phi) is 3.29. The van der Waals surface area contributed by atoms with Crippen LogP contribution >= 0.6 is 11.8 Å². The first-order valence-corrected chi connectivity index (χ1v) is 6.86. The Morgan fingerprint density at radius 1 is 1.16 bits per heavy atom. The quantitative estimate of drug-likeness (QED) is 0.582. The van der Waals surface area contributed by atoms with E-state index in [2.05, 4.69) is 51.0 Å². The van der Waals surface area contributed by atoms with Gasteiger partial charge in [0, 0.05) is 16.2 Å². The first-order chi connectivity index (χ1) is 9.36. The van der Waals surface area contributed by atoms with Gasteiger partial charge in [-0.15, -0.1) is 18.3 Å². The van der Waals surface area contributed by atoms with Gasteiger partial charge in [0.05, 0.1) is 17.9 Å². The van der Waals surface area contributed by atoms with Crippen LogP contribution in [0.15, 0.2) is 54.2 Å². The minimum absolute atomic E-state index is 0.829. The van der Waals surface area contributed by atoms with Gasteiger partial charge in [0.2, 0.25) is 0 Å². The molecule has 0 amide bonds. The van der Waals surface area contributed by atoms with Crippen LogP contribution in [0.2, 0.25) is 0 Å². The Labute approximate surface area is 115 Å². The van der Waals surface area contributed by atoms with Crippen LogP contribution in [0, 0.1) is 0 Å². The second kappa shape index (κ2) is 5.24. The van der Waals surface area contributed by atoms with Gasteiger partial charge in [0.15, 0.2) is 0 Å². The molecule has 5 heteroatoms. The summed E-state index contributed by atoms with van der Waals surface area (Å²) in [6.45, 7) is 3.72. The Balaban J connectivity index is 1.90. The SMILES string of the molecule is C=CCSc1ccc(-c2nc3cnncc3[nH]2)cc1. The fourth-order valence-corrected chi connectivity index (χ4v) is 2.42. The van der Waals surface area contributed by atoms with Crippen molar-refractivity contribution in [2.24, 2.45) is 0 Å². The average molecular weight is 268 g/mol. The number of nitrogens with one attached hydrogen (secondary N) is 1. The molecule has 4 nitrogen and oxygen atoms in total. The summed E-state index contributed by atoms with van der Waals surface area (Å²) in [6.07, 6.45) is 5.24. The van der Waals surface area contributed by atoms with Crippen molar-refractivity contribution in [1.82, 2.24) is 20.2 Å². The second-order valence-corrected chi connectivity index (χ2v) is 5.09. The number of aromatic nitrogens is 4. The molecule has 2 aromatic heterocycles. The predicted molar refractivity (Wildman–Crippen MR) is 78.0 cm³/mol. The van der Waals surface area contributed by atoms with Crippen LogP contribution in [0.4, 0.5) is 0 Å². The highest BCUT2D eigenvalue weighted by atomic mass is 32.2. The third-order valence-corrected chi connectivity index (χ3v) is 3.70. The van der Waals surface area contributed by atoms with Gasteiger partial charge in [0.25, 0.3) is 0 Å². The Bertz CT molecular complexity index is 670. The van der Waals surface area contributed by atoms with Gasteiger partial charge in [-0.3, -0.25) is 0 Å². The zero-order chi connectivity index (χ0) is 13.1. The van der Waals surface area contributed by atoms with Crippen molar-refractivity contribution in [2.75, 3.05) is 5.75 Å². The van der Waals surface area contributed by atoms with Gasteiger partial charge in [-0.1, -0.05) is 18.2 Å². The van der Waals surface area contributed by atoms with E-state index in [4.69, 9.17) is 0 Å². The summed E-state index contributed by atoms with van der Waals surface area (Å²) in [6, 6.07) is 8.30. The number of aromatic amines is 1. The summed E-state index contributed by atoms with van der Waals surface area (Å²) in [5, 5.41) is 7.66. The Morgan fingerprint density at radius 3 is 2.68 bits per heavy atom. The Hall–Kier alpha value is -2.14. The van der Waals surface area contributed by atoms with Crippen molar-refractivity contribution < 1.29 is 0 Å². The number of hydrogen-bond acceptors (Lipinski definition) is 4. The van der Waals surface area contributed by atoms with Gasteiger partial charge < -0.3 is 4.98 Å². The standard InChI is InChI=1S/C14H12N4S/c1-2-7-19-11-5-3-10(4-6-11)14-17-12-8-15-16-9-13(12)18-14/h2-6,8-9H,1,7H2,(H,17,18). The van der Waals surface area contributed by atoms with E-state index in [0.717, 1.165) is 28.2 Å². The highest BCUT2D eigenvalue weighted by Crippen LogP contribution is 2.23. The molecule has 3 rings (SSSR count). The fraction of sp³-hybridized carbons (Fsp3) is 0.0714. The zero-order valence-electron chi connectivity index (χ0n) is 10.2. The first-order valence-electron chi connectivity index (χ1n) is 5.87. The zero-order valence-corrected chi connectivity index (χ0v) is 11.0. The van der Waals surface area contributed by atoms with Crippen LogP contribution < -0.4 is 0 Å².